The van der Waals surface area contributed by atoms with Gasteiger partial charge in [0.2, 0.25) is 17.7 Å². The maximum atomic E-state index is 13.9. The molecule has 0 radical (unpaired) electrons. The number of aliphatic hydroxyl groups excluding tert-OH is 3. The first-order valence-corrected chi connectivity index (χ1v) is 15.1. The molecule has 1 saturated heterocycles. The SMILES string of the molecule is Cc1ncsc1-c1ccc(CNC(=O)[C@@H]2C[C@@H](O)CN2C(=O)[C@@H](NC(=O)[C@H]2C[C@@H]3C(=O)C2[C@H](O)[C@@H]3O)C(C)(C)C)cc1. The third kappa shape index (κ3) is 5.60. The molecule has 3 amide bonds. The van der Waals surface area contributed by atoms with E-state index in [1.807, 2.05) is 31.2 Å². The fraction of sp³-hybridized carbons (Fsp3) is 0.567. The number of rotatable bonds is 7. The maximum absolute atomic E-state index is 13.9. The van der Waals surface area contributed by atoms with Crippen LogP contribution < -0.4 is 10.6 Å². The zero-order valence-electron chi connectivity index (χ0n) is 24.1. The van der Waals surface area contributed by atoms with Crippen LogP contribution in [0.15, 0.2) is 29.8 Å². The number of fused-ring (bicyclic) bond motifs is 2. The number of amides is 3. The molecule has 3 fully saturated rings. The molecule has 3 aliphatic rings. The summed E-state index contributed by atoms with van der Waals surface area (Å²) in [5, 5.41) is 36.4. The highest BCUT2D eigenvalue weighted by molar-refractivity contribution is 7.13. The molecule has 1 aliphatic heterocycles. The largest absolute Gasteiger partial charge is 0.391 e. The van der Waals surface area contributed by atoms with E-state index < -0.39 is 71.3 Å². The fourth-order valence-corrected chi connectivity index (χ4v) is 7.26. The molecule has 1 unspecified atom stereocenters. The molecule has 2 aliphatic carbocycles. The third-order valence-electron chi connectivity index (χ3n) is 8.79. The number of nitrogens with one attached hydrogen (secondary N) is 2. The normalized spacial score (nSPS) is 29.5. The van der Waals surface area contributed by atoms with Gasteiger partial charge in [-0.3, -0.25) is 19.2 Å². The first-order chi connectivity index (χ1) is 19.8. The Labute approximate surface area is 248 Å². The number of benzene rings is 1. The van der Waals surface area contributed by atoms with Gasteiger partial charge in [-0.15, -0.1) is 11.3 Å². The van der Waals surface area contributed by atoms with Crippen molar-refractivity contribution in [2.45, 2.75) is 77.5 Å². The van der Waals surface area contributed by atoms with E-state index >= 15 is 0 Å². The molecule has 1 aromatic carbocycles. The Morgan fingerprint density at radius 1 is 1.07 bits per heavy atom. The average Bonchev–Trinajstić information content (AvgIpc) is 3.68. The van der Waals surface area contributed by atoms with Crippen LogP contribution in [-0.2, 0) is 25.7 Å². The van der Waals surface area contributed by atoms with Gasteiger partial charge in [0.05, 0.1) is 46.2 Å². The molecular formula is C30H38N4O7S. The van der Waals surface area contributed by atoms with Crippen LogP contribution in [0.2, 0.25) is 0 Å². The Hall–Kier alpha value is -3.19. The number of hydrogen-bond donors (Lipinski definition) is 5. The van der Waals surface area contributed by atoms with E-state index in [-0.39, 0.29) is 31.7 Å². The van der Waals surface area contributed by atoms with Crippen molar-refractivity contribution in [1.29, 1.82) is 0 Å². The van der Waals surface area contributed by atoms with E-state index in [9.17, 15) is 34.5 Å². The monoisotopic (exact) mass is 598 g/mol. The number of aryl methyl sites for hydroxylation is 1. The van der Waals surface area contributed by atoms with Crippen molar-refractivity contribution in [3.8, 4) is 10.4 Å². The molecule has 226 valence electrons. The highest BCUT2D eigenvalue weighted by Gasteiger charge is 2.60. The zero-order valence-corrected chi connectivity index (χ0v) is 24.9. The molecule has 11 nitrogen and oxygen atoms in total. The average molecular weight is 599 g/mol. The number of nitrogens with zero attached hydrogens (tertiary/aromatic N) is 2. The van der Waals surface area contributed by atoms with Crippen LogP contribution in [0.25, 0.3) is 10.4 Å². The van der Waals surface area contributed by atoms with Crippen LogP contribution in [0.3, 0.4) is 0 Å². The van der Waals surface area contributed by atoms with Gasteiger partial charge in [-0.1, -0.05) is 45.0 Å². The lowest BCUT2D eigenvalue weighted by molar-refractivity contribution is -0.145. The van der Waals surface area contributed by atoms with Gasteiger partial charge in [0.15, 0.2) is 0 Å². The molecule has 42 heavy (non-hydrogen) atoms. The number of likely N-dealkylation sites (tertiary alicyclic amines) is 1. The lowest BCUT2D eigenvalue weighted by Gasteiger charge is -2.37. The van der Waals surface area contributed by atoms with Gasteiger partial charge in [-0.05, 0) is 29.9 Å². The Bertz CT molecular complexity index is 1370. The summed E-state index contributed by atoms with van der Waals surface area (Å²) in [7, 11) is 0. The van der Waals surface area contributed by atoms with Crippen LogP contribution in [0.1, 0.15) is 44.9 Å². The van der Waals surface area contributed by atoms with Crippen LogP contribution in [0, 0.1) is 30.1 Å². The van der Waals surface area contributed by atoms with Crippen molar-refractivity contribution in [3.63, 3.8) is 0 Å². The van der Waals surface area contributed by atoms with E-state index in [0.29, 0.717) is 0 Å². The maximum Gasteiger partial charge on any atom is 0.246 e. The summed E-state index contributed by atoms with van der Waals surface area (Å²) in [5.41, 5.74) is 3.90. The van der Waals surface area contributed by atoms with E-state index in [2.05, 4.69) is 15.6 Å². The van der Waals surface area contributed by atoms with Crippen molar-refractivity contribution in [2.75, 3.05) is 6.54 Å². The van der Waals surface area contributed by atoms with Crippen LogP contribution in [0.4, 0.5) is 0 Å². The Morgan fingerprint density at radius 2 is 1.76 bits per heavy atom. The Kier molecular flexibility index (Phi) is 8.27. The zero-order chi connectivity index (χ0) is 30.5. The second-order valence-electron chi connectivity index (χ2n) is 12.7. The molecule has 12 heteroatoms. The molecule has 5 rings (SSSR count). The molecule has 2 bridgehead atoms. The van der Waals surface area contributed by atoms with Gasteiger partial charge >= 0.3 is 0 Å². The quantitative estimate of drug-likeness (QED) is 0.312. The van der Waals surface area contributed by atoms with Gasteiger partial charge in [-0.2, -0.15) is 0 Å². The summed E-state index contributed by atoms with van der Waals surface area (Å²) in [5.74, 6) is -4.45. The number of aliphatic hydroxyl groups is 3. The smallest absolute Gasteiger partial charge is 0.246 e. The molecule has 2 heterocycles. The Morgan fingerprint density at radius 3 is 2.33 bits per heavy atom. The molecule has 8 atom stereocenters. The summed E-state index contributed by atoms with van der Waals surface area (Å²) < 4.78 is 0. The third-order valence-corrected chi connectivity index (χ3v) is 9.77. The molecule has 0 spiro atoms. The Balaban J connectivity index is 1.25. The second-order valence-corrected chi connectivity index (χ2v) is 13.6. The second kappa shape index (κ2) is 11.5. The lowest BCUT2D eigenvalue weighted by Crippen LogP contribution is -2.59. The molecular weight excluding hydrogens is 560 g/mol. The van der Waals surface area contributed by atoms with E-state index in [4.69, 9.17) is 0 Å². The van der Waals surface area contributed by atoms with Crippen LogP contribution in [0.5, 0.6) is 0 Å². The number of carbonyl (C=O) groups excluding carboxylic acids is 4. The fourth-order valence-electron chi connectivity index (χ4n) is 6.45. The van der Waals surface area contributed by atoms with Gasteiger partial charge < -0.3 is 30.9 Å². The molecule has 2 aromatic rings. The van der Waals surface area contributed by atoms with Crippen LogP contribution in [-0.4, -0.2) is 85.6 Å². The number of Topliss-reactive ketones (excluding diaryl/α,β-unsaturated/α-hetero) is 1. The van der Waals surface area contributed by atoms with Crippen molar-refractivity contribution < 1.29 is 34.5 Å². The highest BCUT2D eigenvalue weighted by atomic mass is 32.1. The molecule has 1 aromatic heterocycles. The molecule has 5 N–H and O–H groups in total. The highest BCUT2D eigenvalue weighted by Crippen LogP contribution is 2.46. The standard InChI is InChI=1S/C30H38N4O7S/c1-14-25(42-13-32-14)16-7-5-15(6-8-16)11-31-28(40)20-9-17(35)12-34(20)29(41)26(30(2,3)4)33-27(39)18-10-19-22(36)21(18)24(38)23(19)37/h5-8,13,17-21,23-24,26,35,37-38H,9-12H2,1-4H3,(H,31,40)(H,33,39)/t17-,18+,19-,20+,21?,23-,24+,26-/m1/s1. The van der Waals surface area contributed by atoms with E-state index in [1.165, 1.54) is 4.90 Å². The number of ketones is 1. The number of hydrogen-bond acceptors (Lipinski definition) is 9. The number of thiazole rings is 1. The summed E-state index contributed by atoms with van der Waals surface area (Å²) in [4.78, 5) is 59.6. The summed E-state index contributed by atoms with van der Waals surface area (Å²) in [6, 6.07) is 5.80. The number of aromatic nitrogens is 1. The van der Waals surface area contributed by atoms with Gasteiger partial charge in [0.1, 0.15) is 17.9 Å². The summed E-state index contributed by atoms with van der Waals surface area (Å²) >= 11 is 1.56. The minimum absolute atomic E-state index is 0.0558. The van der Waals surface area contributed by atoms with Crippen LogP contribution >= 0.6 is 11.3 Å². The van der Waals surface area contributed by atoms with Crippen molar-refractivity contribution >= 4 is 34.8 Å². The number of β-amino-alcohol motifs (C(OH)–C–C–N with tert-alkyl or cyclic N) is 1. The minimum Gasteiger partial charge on any atom is -0.391 e. The van der Waals surface area contributed by atoms with Gasteiger partial charge in [0, 0.05) is 25.4 Å². The predicted octanol–water partition coefficient (Wildman–Crippen LogP) is 0.784. The van der Waals surface area contributed by atoms with Gasteiger partial charge in [0.25, 0.3) is 0 Å². The van der Waals surface area contributed by atoms with Crippen molar-refractivity contribution in [3.05, 3.63) is 41.0 Å². The summed E-state index contributed by atoms with van der Waals surface area (Å²) in [6.45, 7) is 7.47. The predicted molar refractivity (Wildman–Crippen MR) is 154 cm³/mol. The van der Waals surface area contributed by atoms with Gasteiger partial charge in [-0.25, -0.2) is 4.98 Å². The summed E-state index contributed by atoms with van der Waals surface area (Å²) in [6.07, 6.45) is -3.22. The van der Waals surface area contributed by atoms with E-state index in [1.54, 1.807) is 37.6 Å². The topological polar surface area (TPSA) is 169 Å². The lowest BCUT2D eigenvalue weighted by atomic mass is 9.82. The van der Waals surface area contributed by atoms with Crippen molar-refractivity contribution in [1.82, 2.24) is 20.5 Å². The molecule has 2 saturated carbocycles. The first-order valence-electron chi connectivity index (χ1n) is 14.2. The van der Waals surface area contributed by atoms with Crippen molar-refractivity contribution in [2.24, 2.45) is 23.2 Å². The minimum atomic E-state index is -1.31. The number of carbonyl (C=O) groups is 4. The first kappa shape index (κ1) is 30.3. The van der Waals surface area contributed by atoms with E-state index in [0.717, 1.165) is 21.7 Å².